The average Bonchev–Trinajstić information content (AvgIpc) is 3.28. The van der Waals surface area contributed by atoms with E-state index in [9.17, 15) is 17.6 Å². The topological polar surface area (TPSA) is 109 Å². The lowest BCUT2D eigenvalue weighted by atomic mass is 10.2. The number of rotatable bonds is 5. The van der Waals surface area contributed by atoms with Gasteiger partial charge in [0, 0.05) is 10.9 Å². The Morgan fingerprint density at radius 3 is 2.57 bits per heavy atom. The summed E-state index contributed by atoms with van der Waals surface area (Å²) in [6.45, 7) is 0. The van der Waals surface area contributed by atoms with Crippen molar-refractivity contribution in [1.82, 2.24) is 9.97 Å². The van der Waals surface area contributed by atoms with E-state index < -0.39 is 21.8 Å². The van der Waals surface area contributed by atoms with Gasteiger partial charge in [-0.3, -0.25) is 4.72 Å². The van der Waals surface area contributed by atoms with E-state index in [1.54, 1.807) is 0 Å². The second kappa shape index (κ2) is 6.93. The van der Waals surface area contributed by atoms with Crippen LogP contribution < -0.4 is 4.72 Å². The van der Waals surface area contributed by atoms with Gasteiger partial charge in [-0.05, 0) is 42.5 Å². The Labute approximate surface area is 166 Å². The molecule has 0 aliphatic carbocycles. The summed E-state index contributed by atoms with van der Waals surface area (Å²) >= 11 is 2.15. The number of hydrogen-bond donors (Lipinski definition) is 2. The highest BCUT2D eigenvalue weighted by atomic mass is 32.2. The SMILES string of the molecule is O=C(O)c1ccc2nc(NS(=O)(=O)c3csc(-c4ccc(F)cc4)n3)sc2c1. The van der Waals surface area contributed by atoms with Crippen LogP contribution in [-0.4, -0.2) is 29.5 Å². The highest BCUT2D eigenvalue weighted by Gasteiger charge is 2.21. The van der Waals surface area contributed by atoms with E-state index in [2.05, 4.69) is 14.7 Å². The van der Waals surface area contributed by atoms with Gasteiger partial charge < -0.3 is 5.11 Å². The summed E-state index contributed by atoms with van der Waals surface area (Å²) < 4.78 is 41.1. The molecule has 4 rings (SSSR count). The molecule has 142 valence electrons. The number of anilines is 1. The molecule has 0 spiro atoms. The summed E-state index contributed by atoms with van der Waals surface area (Å²) in [7, 11) is -3.98. The van der Waals surface area contributed by atoms with Crippen LogP contribution in [0.3, 0.4) is 0 Å². The molecular formula is C17H10FN3O4S3. The number of carbonyl (C=O) groups is 1. The van der Waals surface area contributed by atoms with E-state index in [0.29, 0.717) is 20.8 Å². The largest absolute Gasteiger partial charge is 0.478 e. The Morgan fingerprint density at radius 2 is 1.86 bits per heavy atom. The maximum absolute atomic E-state index is 13.0. The lowest BCUT2D eigenvalue weighted by Crippen LogP contribution is -2.13. The molecule has 7 nitrogen and oxygen atoms in total. The Balaban J connectivity index is 1.61. The zero-order valence-electron chi connectivity index (χ0n) is 13.8. The number of sulfonamides is 1. The number of halogens is 1. The van der Waals surface area contributed by atoms with E-state index in [1.165, 1.54) is 47.8 Å². The standard InChI is InChI=1S/C17H10FN3O4S3/c18-11-4-1-9(2-5-11)15-20-14(8-26-15)28(24,25)21-17-19-12-6-3-10(16(22)23)7-13(12)27-17/h1-8H,(H,19,21)(H,22,23). The fourth-order valence-electron chi connectivity index (χ4n) is 2.38. The highest BCUT2D eigenvalue weighted by Crippen LogP contribution is 2.30. The maximum Gasteiger partial charge on any atom is 0.335 e. The molecule has 0 amide bonds. The first-order chi connectivity index (χ1) is 13.3. The third-order valence-electron chi connectivity index (χ3n) is 3.71. The van der Waals surface area contributed by atoms with Crippen molar-refractivity contribution in [1.29, 1.82) is 0 Å². The van der Waals surface area contributed by atoms with Gasteiger partial charge in [0.15, 0.2) is 10.2 Å². The maximum atomic E-state index is 13.0. The Morgan fingerprint density at radius 1 is 1.11 bits per heavy atom. The summed E-state index contributed by atoms with van der Waals surface area (Å²) in [5.74, 6) is -1.47. The number of carboxylic acid groups (broad SMARTS) is 1. The number of benzene rings is 2. The zero-order valence-corrected chi connectivity index (χ0v) is 16.2. The molecular weight excluding hydrogens is 425 g/mol. The monoisotopic (exact) mass is 435 g/mol. The van der Waals surface area contributed by atoms with Crippen LogP contribution in [0.25, 0.3) is 20.8 Å². The first-order valence-corrected chi connectivity index (χ1v) is 10.9. The second-order valence-corrected chi connectivity index (χ2v) is 9.13. The van der Waals surface area contributed by atoms with Gasteiger partial charge >= 0.3 is 5.97 Å². The van der Waals surface area contributed by atoms with Gasteiger partial charge in [0.2, 0.25) is 0 Å². The van der Waals surface area contributed by atoms with Gasteiger partial charge in [0.1, 0.15) is 10.8 Å². The van der Waals surface area contributed by atoms with Crippen molar-refractivity contribution in [3.63, 3.8) is 0 Å². The van der Waals surface area contributed by atoms with Crippen molar-refractivity contribution < 1.29 is 22.7 Å². The molecule has 28 heavy (non-hydrogen) atoms. The third kappa shape index (κ3) is 3.59. The van der Waals surface area contributed by atoms with Crippen LogP contribution in [0.15, 0.2) is 52.9 Å². The van der Waals surface area contributed by atoms with Crippen LogP contribution in [0.1, 0.15) is 10.4 Å². The van der Waals surface area contributed by atoms with Crippen molar-refractivity contribution in [2.75, 3.05) is 4.72 Å². The molecule has 0 aliphatic rings. The molecule has 2 aromatic carbocycles. The quantitative estimate of drug-likeness (QED) is 0.489. The molecule has 4 aromatic rings. The molecule has 0 fully saturated rings. The van der Waals surface area contributed by atoms with Crippen LogP contribution in [0.2, 0.25) is 0 Å². The molecule has 0 unspecified atom stereocenters. The summed E-state index contributed by atoms with van der Waals surface area (Å²) in [6.07, 6.45) is 0. The van der Waals surface area contributed by atoms with E-state index in [0.717, 1.165) is 22.7 Å². The van der Waals surface area contributed by atoms with Crippen LogP contribution in [-0.2, 0) is 10.0 Å². The molecule has 0 bridgehead atoms. The number of hydrogen-bond acceptors (Lipinski definition) is 7. The molecule has 0 atom stereocenters. The minimum Gasteiger partial charge on any atom is -0.478 e. The van der Waals surface area contributed by atoms with Crippen molar-refractivity contribution in [3.8, 4) is 10.6 Å². The van der Waals surface area contributed by atoms with Crippen LogP contribution >= 0.6 is 22.7 Å². The molecule has 11 heteroatoms. The number of aromatic carboxylic acids is 1. The van der Waals surface area contributed by atoms with Gasteiger partial charge in [-0.15, -0.1) is 11.3 Å². The summed E-state index contributed by atoms with van der Waals surface area (Å²) in [4.78, 5) is 19.3. The minimum atomic E-state index is -3.98. The smallest absolute Gasteiger partial charge is 0.335 e. The molecule has 2 N–H and O–H groups in total. The van der Waals surface area contributed by atoms with E-state index in [1.807, 2.05) is 0 Å². The summed E-state index contributed by atoms with van der Waals surface area (Å²) in [6, 6.07) is 9.94. The van der Waals surface area contributed by atoms with Gasteiger partial charge in [-0.25, -0.2) is 19.2 Å². The molecule has 0 saturated carbocycles. The van der Waals surface area contributed by atoms with Crippen LogP contribution in [0.5, 0.6) is 0 Å². The Hall–Kier alpha value is -2.89. The van der Waals surface area contributed by atoms with Crippen molar-refractivity contribution in [2.45, 2.75) is 5.03 Å². The first kappa shape index (κ1) is 18.5. The summed E-state index contributed by atoms with van der Waals surface area (Å²) in [5.41, 5.74) is 1.18. The van der Waals surface area contributed by atoms with Crippen molar-refractivity contribution in [3.05, 3.63) is 59.2 Å². The fraction of sp³-hybridized carbons (Fsp3) is 0. The molecule has 2 aromatic heterocycles. The van der Waals surface area contributed by atoms with Gasteiger partial charge in [-0.1, -0.05) is 11.3 Å². The van der Waals surface area contributed by atoms with Crippen LogP contribution in [0, 0.1) is 5.82 Å². The second-order valence-electron chi connectivity index (χ2n) is 5.61. The Bertz CT molecular complexity index is 1300. The lowest BCUT2D eigenvalue weighted by Gasteiger charge is -2.01. The number of aromatic nitrogens is 2. The highest BCUT2D eigenvalue weighted by molar-refractivity contribution is 7.93. The molecule has 0 saturated heterocycles. The van der Waals surface area contributed by atoms with Gasteiger partial charge in [-0.2, -0.15) is 8.42 Å². The summed E-state index contributed by atoms with van der Waals surface area (Å²) in [5, 5.41) is 10.8. The zero-order chi connectivity index (χ0) is 19.9. The van der Waals surface area contributed by atoms with Crippen LogP contribution in [0.4, 0.5) is 9.52 Å². The predicted octanol–water partition coefficient (Wildman–Crippen LogP) is 4.06. The number of nitrogens with one attached hydrogen (secondary N) is 1. The number of fused-ring (bicyclic) bond motifs is 1. The predicted molar refractivity (Wildman–Crippen MR) is 105 cm³/mol. The van der Waals surface area contributed by atoms with E-state index in [-0.39, 0.29) is 15.7 Å². The molecule has 0 radical (unpaired) electrons. The number of nitrogens with zero attached hydrogens (tertiary/aromatic N) is 2. The fourth-order valence-corrected chi connectivity index (χ4v) is 5.62. The number of thiazole rings is 2. The average molecular weight is 435 g/mol. The normalized spacial score (nSPS) is 11.6. The number of carboxylic acids is 1. The molecule has 2 heterocycles. The van der Waals surface area contributed by atoms with E-state index in [4.69, 9.17) is 5.11 Å². The van der Waals surface area contributed by atoms with Gasteiger partial charge in [0.05, 0.1) is 15.8 Å². The lowest BCUT2D eigenvalue weighted by molar-refractivity contribution is 0.0697. The Kier molecular flexibility index (Phi) is 4.57. The van der Waals surface area contributed by atoms with E-state index >= 15 is 0 Å². The van der Waals surface area contributed by atoms with Crippen molar-refractivity contribution in [2.24, 2.45) is 0 Å². The van der Waals surface area contributed by atoms with Gasteiger partial charge in [0.25, 0.3) is 10.0 Å². The molecule has 0 aliphatic heterocycles. The third-order valence-corrected chi connectivity index (χ3v) is 7.03. The van der Waals surface area contributed by atoms with Crippen molar-refractivity contribution >= 4 is 54.0 Å². The minimum absolute atomic E-state index is 0.0917. The first-order valence-electron chi connectivity index (χ1n) is 7.70.